The third kappa shape index (κ3) is 2.10. The number of rotatable bonds is 1. The predicted octanol–water partition coefficient (Wildman–Crippen LogP) is 1.91. The van der Waals surface area contributed by atoms with Crippen molar-refractivity contribution in [3.05, 3.63) is 0 Å². The van der Waals surface area contributed by atoms with E-state index in [1.165, 1.54) is 25.7 Å². The van der Waals surface area contributed by atoms with Crippen LogP contribution in [0.2, 0.25) is 0 Å². The number of hydrogen-bond acceptors (Lipinski definition) is 2. The number of carbonyl (C=O) groups is 1. The van der Waals surface area contributed by atoms with Gasteiger partial charge in [0.1, 0.15) is 0 Å². The summed E-state index contributed by atoms with van der Waals surface area (Å²) < 4.78 is 0. The second-order valence-electron chi connectivity index (χ2n) is 6.31. The van der Waals surface area contributed by atoms with E-state index >= 15 is 0 Å². The van der Waals surface area contributed by atoms with E-state index in [9.17, 15) is 4.79 Å². The van der Waals surface area contributed by atoms with E-state index in [1.807, 2.05) is 0 Å². The number of piperidine rings is 1. The van der Waals surface area contributed by atoms with Crippen molar-refractivity contribution in [3.8, 4) is 0 Å². The zero-order valence-corrected chi connectivity index (χ0v) is 10.7. The van der Waals surface area contributed by atoms with Crippen LogP contribution in [0.15, 0.2) is 0 Å². The van der Waals surface area contributed by atoms with Gasteiger partial charge in [-0.05, 0) is 43.9 Å². The highest BCUT2D eigenvalue weighted by atomic mass is 16.2. The molecule has 1 aliphatic heterocycles. The Morgan fingerprint density at radius 2 is 1.76 bits per heavy atom. The molecule has 3 aliphatic rings. The van der Waals surface area contributed by atoms with Crippen molar-refractivity contribution in [2.24, 2.45) is 17.1 Å². The van der Waals surface area contributed by atoms with E-state index in [2.05, 4.69) is 4.90 Å². The average Bonchev–Trinajstić information content (AvgIpc) is 3.17. The van der Waals surface area contributed by atoms with E-state index in [0.717, 1.165) is 38.8 Å². The molecule has 17 heavy (non-hydrogen) atoms. The second kappa shape index (κ2) is 4.27. The molecule has 0 bridgehead atoms. The molecule has 3 nitrogen and oxygen atoms in total. The minimum atomic E-state index is 0.374. The van der Waals surface area contributed by atoms with Crippen LogP contribution >= 0.6 is 0 Å². The SMILES string of the molecule is NC1CCCCC12CCN(C(=O)C1CC1)CC2. The van der Waals surface area contributed by atoms with Gasteiger partial charge in [-0.25, -0.2) is 0 Å². The van der Waals surface area contributed by atoms with Crippen molar-refractivity contribution in [2.45, 2.75) is 57.4 Å². The molecule has 3 heteroatoms. The van der Waals surface area contributed by atoms with Gasteiger partial charge in [0.15, 0.2) is 0 Å². The summed E-state index contributed by atoms with van der Waals surface area (Å²) in [7, 11) is 0. The molecule has 2 saturated carbocycles. The van der Waals surface area contributed by atoms with Gasteiger partial charge in [-0.1, -0.05) is 12.8 Å². The molecule has 96 valence electrons. The Hall–Kier alpha value is -0.570. The Balaban J connectivity index is 1.60. The van der Waals surface area contributed by atoms with Crippen molar-refractivity contribution < 1.29 is 4.79 Å². The topological polar surface area (TPSA) is 46.3 Å². The molecule has 3 rings (SSSR count). The number of nitrogens with two attached hydrogens (primary N) is 1. The van der Waals surface area contributed by atoms with Crippen molar-refractivity contribution in [1.82, 2.24) is 4.90 Å². The van der Waals surface area contributed by atoms with Crippen LogP contribution in [0.5, 0.6) is 0 Å². The maximum absolute atomic E-state index is 12.0. The van der Waals surface area contributed by atoms with Crippen LogP contribution < -0.4 is 5.73 Å². The standard InChI is InChI=1S/C14H24N2O/c15-12-3-1-2-6-14(12)7-9-16(10-8-14)13(17)11-4-5-11/h11-12H,1-10,15H2. The summed E-state index contributed by atoms with van der Waals surface area (Å²) in [6.45, 7) is 1.92. The van der Waals surface area contributed by atoms with Crippen LogP contribution in [0.25, 0.3) is 0 Å². The highest BCUT2D eigenvalue weighted by molar-refractivity contribution is 5.81. The molecule has 1 atom stereocenters. The van der Waals surface area contributed by atoms with Gasteiger partial charge >= 0.3 is 0 Å². The smallest absolute Gasteiger partial charge is 0.225 e. The van der Waals surface area contributed by atoms with E-state index in [0.29, 0.717) is 23.3 Å². The molecule has 3 fully saturated rings. The number of hydrogen-bond donors (Lipinski definition) is 1. The van der Waals surface area contributed by atoms with Gasteiger partial charge in [0, 0.05) is 25.0 Å². The molecule has 0 aromatic heterocycles. The van der Waals surface area contributed by atoms with Gasteiger partial charge in [0.2, 0.25) is 5.91 Å². The van der Waals surface area contributed by atoms with Gasteiger partial charge in [0.25, 0.3) is 0 Å². The largest absolute Gasteiger partial charge is 0.342 e. The molecule has 1 saturated heterocycles. The number of carbonyl (C=O) groups excluding carboxylic acids is 1. The van der Waals surface area contributed by atoms with E-state index in [1.54, 1.807) is 0 Å². The van der Waals surface area contributed by atoms with Gasteiger partial charge in [-0.2, -0.15) is 0 Å². The van der Waals surface area contributed by atoms with Gasteiger partial charge < -0.3 is 10.6 Å². The maximum atomic E-state index is 12.0. The Morgan fingerprint density at radius 3 is 2.35 bits per heavy atom. The Morgan fingerprint density at radius 1 is 1.06 bits per heavy atom. The van der Waals surface area contributed by atoms with Crippen molar-refractivity contribution in [3.63, 3.8) is 0 Å². The quantitative estimate of drug-likeness (QED) is 0.756. The fourth-order valence-electron chi connectivity index (χ4n) is 3.71. The zero-order valence-electron chi connectivity index (χ0n) is 10.7. The molecule has 0 radical (unpaired) electrons. The van der Waals surface area contributed by atoms with Crippen LogP contribution in [0.4, 0.5) is 0 Å². The van der Waals surface area contributed by atoms with E-state index < -0.39 is 0 Å². The summed E-state index contributed by atoms with van der Waals surface area (Å²) in [4.78, 5) is 14.1. The summed E-state index contributed by atoms with van der Waals surface area (Å²) in [5.41, 5.74) is 6.71. The molecule has 1 spiro atoms. The first-order valence-corrected chi connectivity index (χ1v) is 7.26. The predicted molar refractivity (Wildman–Crippen MR) is 67.4 cm³/mol. The van der Waals surface area contributed by atoms with E-state index in [-0.39, 0.29) is 0 Å². The molecule has 1 unspecified atom stereocenters. The third-order valence-corrected chi connectivity index (χ3v) is 5.22. The average molecular weight is 236 g/mol. The Labute approximate surface area is 104 Å². The summed E-state index contributed by atoms with van der Waals surface area (Å²) in [5.74, 6) is 0.799. The fraction of sp³-hybridized carbons (Fsp3) is 0.929. The van der Waals surface area contributed by atoms with Crippen LogP contribution in [0.1, 0.15) is 51.4 Å². The first kappa shape index (κ1) is 11.5. The zero-order chi connectivity index (χ0) is 11.9. The summed E-state index contributed by atoms with van der Waals surface area (Å²) in [6.07, 6.45) is 9.66. The summed E-state index contributed by atoms with van der Waals surface area (Å²) in [6, 6.07) is 0.384. The van der Waals surface area contributed by atoms with Crippen LogP contribution in [0, 0.1) is 11.3 Å². The lowest BCUT2D eigenvalue weighted by atomic mass is 9.65. The van der Waals surface area contributed by atoms with Crippen molar-refractivity contribution in [1.29, 1.82) is 0 Å². The van der Waals surface area contributed by atoms with E-state index in [4.69, 9.17) is 5.73 Å². The molecular weight excluding hydrogens is 212 g/mol. The lowest BCUT2D eigenvalue weighted by Gasteiger charge is -2.48. The monoisotopic (exact) mass is 236 g/mol. The third-order valence-electron chi connectivity index (χ3n) is 5.22. The first-order chi connectivity index (χ1) is 8.21. The molecule has 2 N–H and O–H groups in total. The minimum absolute atomic E-state index is 0.374. The first-order valence-electron chi connectivity index (χ1n) is 7.26. The van der Waals surface area contributed by atoms with Gasteiger partial charge in [0.05, 0.1) is 0 Å². The van der Waals surface area contributed by atoms with Crippen LogP contribution in [-0.2, 0) is 4.79 Å². The minimum Gasteiger partial charge on any atom is -0.342 e. The lowest BCUT2D eigenvalue weighted by Crippen LogP contribution is -2.52. The molecule has 2 aliphatic carbocycles. The van der Waals surface area contributed by atoms with Crippen LogP contribution in [0.3, 0.4) is 0 Å². The summed E-state index contributed by atoms with van der Waals surface area (Å²) >= 11 is 0. The molecular formula is C14H24N2O. The number of amides is 1. The Bertz CT molecular complexity index is 303. The maximum Gasteiger partial charge on any atom is 0.225 e. The highest BCUT2D eigenvalue weighted by Crippen LogP contribution is 2.44. The van der Waals surface area contributed by atoms with Gasteiger partial charge in [-0.3, -0.25) is 4.79 Å². The summed E-state index contributed by atoms with van der Waals surface area (Å²) in [5, 5.41) is 0. The highest BCUT2D eigenvalue weighted by Gasteiger charge is 2.43. The normalized spacial score (nSPS) is 32.8. The lowest BCUT2D eigenvalue weighted by molar-refractivity contribution is -0.135. The second-order valence-corrected chi connectivity index (χ2v) is 6.31. The molecule has 0 aromatic rings. The Kier molecular flexibility index (Phi) is 2.89. The number of nitrogens with zero attached hydrogens (tertiary/aromatic N) is 1. The van der Waals surface area contributed by atoms with Crippen molar-refractivity contribution >= 4 is 5.91 Å². The molecule has 0 aromatic carbocycles. The van der Waals surface area contributed by atoms with Crippen LogP contribution in [-0.4, -0.2) is 29.9 Å². The van der Waals surface area contributed by atoms with Crippen molar-refractivity contribution in [2.75, 3.05) is 13.1 Å². The molecule has 1 amide bonds. The number of likely N-dealkylation sites (tertiary alicyclic amines) is 1. The fourth-order valence-corrected chi connectivity index (χ4v) is 3.71. The molecule has 1 heterocycles. The van der Waals surface area contributed by atoms with Gasteiger partial charge in [-0.15, -0.1) is 0 Å².